The van der Waals surface area contributed by atoms with Crippen LogP contribution in [0.15, 0.2) is 17.9 Å². The molecule has 0 spiro atoms. The molecule has 1 aliphatic rings. The van der Waals surface area contributed by atoms with Gasteiger partial charge in [-0.1, -0.05) is 6.07 Å². The topological polar surface area (TPSA) is 70.4 Å². The number of carboxylic acids is 1. The second-order valence-electron chi connectivity index (χ2n) is 3.17. The zero-order valence-electron chi connectivity index (χ0n) is 7.40. The van der Waals surface area contributed by atoms with Gasteiger partial charge in [-0.3, -0.25) is 0 Å². The molecule has 0 aromatic carbocycles. The van der Waals surface area contributed by atoms with Crippen molar-refractivity contribution in [3.63, 3.8) is 0 Å². The zero-order chi connectivity index (χ0) is 10.1. The van der Waals surface area contributed by atoms with Gasteiger partial charge in [-0.25, -0.2) is 9.78 Å². The van der Waals surface area contributed by atoms with E-state index in [9.17, 15) is 9.90 Å². The van der Waals surface area contributed by atoms with Crippen LogP contribution in [0.1, 0.15) is 28.2 Å². The van der Waals surface area contributed by atoms with Gasteiger partial charge in [0.1, 0.15) is 5.69 Å². The molecule has 72 valence electrons. The number of pyridine rings is 1. The van der Waals surface area contributed by atoms with Crippen molar-refractivity contribution >= 4 is 12.0 Å². The number of aryl methyl sites for hydroxylation is 1. The number of aliphatic hydroxyl groups is 1. The summed E-state index contributed by atoms with van der Waals surface area (Å²) >= 11 is 0. The zero-order valence-corrected chi connectivity index (χ0v) is 7.40. The van der Waals surface area contributed by atoms with E-state index < -0.39 is 5.97 Å². The van der Waals surface area contributed by atoms with Crippen LogP contribution in [0.4, 0.5) is 0 Å². The van der Waals surface area contributed by atoms with Gasteiger partial charge in [0.25, 0.3) is 0 Å². The van der Waals surface area contributed by atoms with Crippen LogP contribution in [-0.2, 0) is 6.42 Å². The third kappa shape index (κ3) is 1.46. The number of carbonyl (C=O) groups is 1. The van der Waals surface area contributed by atoms with Crippen LogP contribution in [-0.4, -0.2) is 21.2 Å². The average molecular weight is 191 g/mol. The Kier molecular flexibility index (Phi) is 1.96. The van der Waals surface area contributed by atoms with Crippen molar-refractivity contribution in [1.29, 1.82) is 0 Å². The van der Waals surface area contributed by atoms with Crippen molar-refractivity contribution in [2.24, 2.45) is 0 Å². The molecule has 1 aromatic heterocycles. The van der Waals surface area contributed by atoms with E-state index in [1.165, 1.54) is 6.07 Å². The maximum atomic E-state index is 10.6. The Morgan fingerprint density at radius 2 is 2.14 bits per heavy atom. The number of nitrogens with zero attached hydrogens (tertiary/aromatic N) is 1. The average Bonchev–Trinajstić information content (AvgIpc) is 2.16. The van der Waals surface area contributed by atoms with Crippen LogP contribution in [0.3, 0.4) is 0 Å². The molecule has 0 saturated heterocycles. The van der Waals surface area contributed by atoms with E-state index in [2.05, 4.69) is 4.98 Å². The molecule has 2 rings (SSSR count). The lowest BCUT2D eigenvalue weighted by molar-refractivity contribution is 0.0690. The molecule has 4 heteroatoms. The molecular formula is C10H9NO3. The van der Waals surface area contributed by atoms with E-state index in [-0.39, 0.29) is 5.69 Å². The predicted octanol–water partition coefficient (Wildman–Crippen LogP) is 1.62. The summed E-state index contributed by atoms with van der Waals surface area (Å²) in [4.78, 5) is 14.6. The molecule has 1 aliphatic carbocycles. The fraction of sp³-hybridized carbons (Fsp3) is 0.200. The predicted molar refractivity (Wildman–Crippen MR) is 50.1 cm³/mol. The highest BCUT2D eigenvalue weighted by atomic mass is 16.4. The van der Waals surface area contributed by atoms with Gasteiger partial charge < -0.3 is 10.2 Å². The quantitative estimate of drug-likeness (QED) is 0.707. The minimum absolute atomic E-state index is 0.0542. The summed E-state index contributed by atoms with van der Waals surface area (Å²) in [6, 6.07) is 3.11. The minimum Gasteiger partial charge on any atom is -0.512 e. The van der Waals surface area contributed by atoms with Crippen molar-refractivity contribution in [2.45, 2.75) is 12.8 Å². The van der Waals surface area contributed by atoms with Crippen molar-refractivity contribution in [3.05, 3.63) is 34.8 Å². The number of aromatic nitrogens is 1. The first-order valence-corrected chi connectivity index (χ1v) is 4.29. The maximum Gasteiger partial charge on any atom is 0.354 e. The summed E-state index contributed by atoms with van der Waals surface area (Å²) in [7, 11) is 0. The Labute approximate surface area is 80.5 Å². The van der Waals surface area contributed by atoms with Crippen molar-refractivity contribution < 1.29 is 15.0 Å². The largest absolute Gasteiger partial charge is 0.512 e. The van der Waals surface area contributed by atoms with Gasteiger partial charge in [0.05, 0.1) is 5.76 Å². The van der Waals surface area contributed by atoms with Gasteiger partial charge >= 0.3 is 5.97 Å². The number of carboxylic acid groups (broad SMARTS) is 1. The summed E-state index contributed by atoms with van der Waals surface area (Å²) in [5.74, 6) is -0.700. The van der Waals surface area contributed by atoms with Gasteiger partial charge in [-0.05, 0) is 24.1 Å². The summed E-state index contributed by atoms with van der Waals surface area (Å²) < 4.78 is 0. The third-order valence-corrected chi connectivity index (χ3v) is 2.17. The molecule has 1 aromatic rings. The third-order valence-electron chi connectivity index (χ3n) is 2.17. The van der Waals surface area contributed by atoms with Crippen molar-refractivity contribution in [2.75, 3.05) is 0 Å². The van der Waals surface area contributed by atoms with Crippen LogP contribution in [0.25, 0.3) is 6.08 Å². The number of hydrogen-bond donors (Lipinski definition) is 2. The first-order chi connectivity index (χ1) is 6.66. The fourth-order valence-electron chi connectivity index (χ4n) is 1.46. The van der Waals surface area contributed by atoms with Crippen LogP contribution < -0.4 is 0 Å². The van der Waals surface area contributed by atoms with Crippen LogP contribution in [0.5, 0.6) is 0 Å². The molecule has 0 aliphatic heterocycles. The Morgan fingerprint density at radius 1 is 1.36 bits per heavy atom. The summed E-state index contributed by atoms with van der Waals surface area (Å²) in [6.45, 7) is 0. The van der Waals surface area contributed by atoms with Gasteiger partial charge in [0.2, 0.25) is 0 Å². The SMILES string of the molecule is O=C(O)c1ccc2c(n1)CCC(O)=C2. The normalized spacial score (nSPS) is 14.4. The molecule has 14 heavy (non-hydrogen) atoms. The highest BCUT2D eigenvalue weighted by Crippen LogP contribution is 2.20. The summed E-state index contributed by atoms with van der Waals surface area (Å²) in [6.07, 6.45) is 2.75. The monoisotopic (exact) mass is 191 g/mol. The van der Waals surface area contributed by atoms with E-state index in [0.29, 0.717) is 18.6 Å². The lowest BCUT2D eigenvalue weighted by Gasteiger charge is -2.11. The number of hydrogen-bond acceptors (Lipinski definition) is 3. The highest BCUT2D eigenvalue weighted by molar-refractivity contribution is 5.85. The molecule has 0 atom stereocenters. The number of allylic oxidation sites excluding steroid dienone is 1. The van der Waals surface area contributed by atoms with Gasteiger partial charge in [-0.2, -0.15) is 0 Å². The van der Waals surface area contributed by atoms with E-state index in [0.717, 1.165) is 11.3 Å². The molecule has 0 amide bonds. The number of aliphatic hydroxyl groups excluding tert-OH is 1. The molecule has 0 radical (unpaired) electrons. The van der Waals surface area contributed by atoms with E-state index in [1.807, 2.05) is 0 Å². The second-order valence-corrected chi connectivity index (χ2v) is 3.17. The van der Waals surface area contributed by atoms with Gasteiger partial charge in [0, 0.05) is 12.1 Å². The second kappa shape index (κ2) is 3.14. The smallest absolute Gasteiger partial charge is 0.354 e. The highest BCUT2D eigenvalue weighted by Gasteiger charge is 2.13. The van der Waals surface area contributed by atoms with Gasteiger partial charge in [-0.15, -0.1) is 0 Å². The van der Waals surface area contributed by atoms with E-state index in [4.69, 9.17) is 5.11 Å². The number of rotatable bonds is 1. The molecule has 2 N–H and O–H groups in total. The Balaban J connectivity index is 2.47. The van der Waals surface area contributed by atoms with Gasteiger partial charge in [0.15, 0.2) is 0 Å². The summed E-state index contributed by atoms with van der Waals surface area (Å²) in [5, 5.41) is 18.0. The standard InChI is InChI=1S/C10H9NO3/c12-7-2-4-8-6(5-7)1-3-9(11-8)10(13)14/h1,3,5,12H,2,4H2,(H,13,14). The lowest BCUT2D eigenvalue weighted by Crippen LogP contribution is -2.07. The molecular weight excluding hydrogens is 182 g/mol. The lowest BCUT2D eigenvalue weighted by atomic mass is 10.0. The fourth-order valence-corrected chi connectivity index (χ4v) is 1.46. The number of fused-ring (bicyclic) bond motifs is 1. The van der Waals surface area contributed by atoms with E-state index in [1.54, 1.807) is 12.1 Å². The van der Waals surface area contributed by atoms with Crippen molar-refractivity contribution in [1.82, 2.24) is 4.98 Å². The molecule has 0 fully saturated rings. The molecule has 1 heterocycles. The summed E-state index contributed by atoms with van der Waals surface area (Å²) in [5.41, 5.74) is 1.60. The molecule has 0 unspecified atom stereocenters. The Bertz CT molecular complexity index is 423. The van der Waals surface area contributed by atoms with Crippen LogP contribution >= 0.6 is 0 Å². The first kappa shape index (κ1) is 8.74. The van der Waals surface area contributed by atoms with Crippen molar-refractivity contribution in [3.8, 4) is 0 Å². The first-order valence-electron chi connectivity index (χ1n) is 4.29. The number of aromatic carboxylic acids is 1. The molecule has 0 bridgehead atoms. The van der Waals surface area contributed by atoms with Crippen LogP contribution in [0.2, 0.25) is 0 Å². The molecule has 0 saturated carbocycles. The Hall–Kier alpha value is -1.84. The van der Waals surface area contributed by atoms with E-state index >= 15 is 0 Å². The molecule has 4 nitrogen and oxygen atoms in total. The maximum absolute atomic E-state index is 10.6. The van der Waals surface area contributed by atoms with Crippen LogP contribution in [0, 0.1) is 0 Å². The Morgan fingerprint density at radius 3 is 2.86 bits per heavy atom. The minimum atomic E-state index is -1.02.